The van der Waals surface area contributed by atoms with Gasteiger partial charge in [0.1, 0.15) is 0 Å². The van der Waals surface area contributed by atoms with Gasteiger partial charge in [0.05, 0.1) is 0 Å². The summed E-state index contributed by atoms with van der Waals surface area (Å²) in [6, 6.07) is 0. The topological polar surface area (TPSA) is 64.4 Å². The Morgan fingerprint density at radius 1 is 1.36 bits per heavy atom. The first-order valence-electron chi connectivity index (χ1n) is 3.72. The van der Waals surface area contributed by atoms with Gasteiger partial charge in [0.2, 0.25) is 0 Å². The van der Waals surface area contributed by atoms with Crippen molar-refractivity contribution < 1.29 is 0 Å². The van der Waals surface area contributed by atoms with Crippen molar-refractivity contribution in [2.45, 2.75) is 20.3 Å². The quantitative estimate of drug-likeness (QED) is 0.588. The minimum absolute atomic E-state index is 0.622. The highest BCUT2D eigenvalue weighted by Crippen LogP contribution is 2.05. The van der Waals surface area contributed by atoms with Crippen LogP contribution in [0.3, 0.4) is 0 Å². The maximum Gasteiger partial charge on any atom is 0.0363 e. The first kappa shape index (κ1) is 10.2. The molecule has 0 aliphatic rings. The van der Waals surface area contributed by atoms with Gasteiger partial charge in [-0.05, 0) is 32.4 Å². The number of hydrogen-bond donors (Lipinski definition) is 2. The van der Waals surface area contributed by atoms with E-state index in [1.165, 1.54) is 0 Å². The molecule has 0 heterocycles. The molecule has 0 aliphatic carbocycles. The molecule has 3 heteroatoms. The molecule has 64 valence electrons. The van der Waals surface area contributed by atoms with Gasteiger partial charge in [0.25, 0.3) is 0 Å². The van der Waals surface area contributed by atoms with Crippen LogP contribution in [0.5, 0.6) is 0 Å². The van der Waals surface area contributed by atoms with E-state index in [0.717, 1.165) is 23.4 Å². The molecule has 0 unspecified atom stereocenters. The summed E-state index contributed by atoms with van der Waals surface area (Å²) in [5.74, 6) is 0. The van der Waals surface area contributed by atoms with Gasteiger partial charge in [-0.15, -0.1) is 0 Å². The van der Waals surface area contributed by atoms with Gasteiger partial charge >= 0.3 is 0 Å². The van der Waals surface area contributed by atoms with Crippen molar-refractivity contribution in [3.8, 4) is 0 Å². The number of nitrogens with zero attached hydrogens (tertiary/aromatic N) is 1. The predicted molar refractivity (Wildman–Crippen MR) is 49.6 cm³/mol. The maximum atomic E-state index is 5.64. The van der Waals surface area contributed by atoms with Gasteiger partial charge in [0.15, 0.2) is 0 Å². The number of rotatable bonds is 3. The highest BCUT2D eigenvalue weighted by Gasteiger charge is 2.01. The molecule has 0 bridgehead atoms. The van der Waals surface area contributed by atoms with Gasteiger partial charge < -0.3 is 11.5 Å². The van der Waals surface area contributed by atoms with Crippen molar-refractivity contribution in [3.63, 3.8) is 0 Å². The summed E-state index contributed by atoms with van der Waals surface area (Å²) in [4.78, 5) is 4.05. The summed E-state index contributed by atoms with van der Waals surface area (Å²) >= 11 is 0. The van der Waals surface area contributed by atoms with E-state index in [2.05, 4.69) is 4.99 Å². The second-order valence-corrected chi connectivity index (χ2v) is 2.51. The van der Waals surface area contributed by atoms with Crippen LogP contribution in [0, 0.1) is 0 Å². The van der Waals surface area contributed by atoms with Crippen LogP contribution in [0.25, 0.3) is 0 Å². The maximum absolute atomic E-state index is 5.64. The third-order valence-corrected chi connectivity index (χ3v) is 1.64. The fourth-order valence-corrected chi connectivity index (χ4v) is 0.943. The minimum Gasteiger partial charge on any atom is -0.402 e. The summed E-state index contributed by atoms with van der Waals surface area (Å²) in [5, 5.41) is 0. The number of aliphatic imine (C=N–C) groups is 1. The smallest absolute Gasteiger partial charge is 0.0363 e. The van der Waals surface area contributed by atoms with Crippen molar-refractivity contribution in [2.75, 3.05) is 13.6 Å². The Hall–Kier alpha value is -0.830. The lowest BCUT2D eigenvalue weighted by atomic mass is 10.1. The summed E-state index contributed by atoms with van der Waals surface area (Å²) in [7, 11) is 1.76. The molecule has 11 heavy (non-hydrogen) atoms. The van der Waals surface area contributed by atoms with Crippen molar-refractivity contribution in [1.29, 1.82) is 0 Å². The van der Waals surface area contributed by atoms with Crippen LogP contribution >= 0.6 is 0 Å². The lowest BCUT2D eigenvalue weighted by Crippen LogP contribution is -2.11. The first-order chi connectivity index (χ1) is 5.13. The normalized spacial score (nSPS) is 14.7. The molecule has 0 aromatic carbocycles. The van der Waals surface area contributed by atoms with E-state index < -0.39 is 0 Å². The molecule has 4 N–H and O–H groups in total. The minimum atomic E-state index is 0.622. The average Bonchev–Trinajstić information content (AvgIpc) is 1.98. The fraction of sp³-hybridized carbons (Fsp3) is 0.625. The van der Waals surface area contributed by atoms with Crippen LogP contribution in [-0.2, 0) is 0 Å². The Balaban J connectivity index is 4.50. The summed E-state index contributed by atoms with van der Waals surface area (Å²) < 4.78 is 0. The molecule has 0 amide bonds. The molecule has 0 aromatic rings. The third-order valence-electron chi connectivity index (χ3n) is 1.64. The van der Waals surface area contributed by atoms with E-state index in [1.807, 2.05) is 13.8 Å². The van der Waals surface area contributed by atoms with Crippen molar-refractivity contribution in [3.05, 3.63) is 11.3 Å². The van der Waals surface area contributed by atoms with E-state index in [4.69, 9.17) is 11.5 Å². The third kappa shape index (κ3) is 3.18. The Kier molecular flexibility index (Phi) is 4.54. The highest BCUT2D eigenvalue weighted by molar-refractivity contribution is 5.98. The molecule has 0 aromatic heterocycles. The van der Waals surface area contributed by atoms with Crippen molar-refractivity contribution in [2.24, 2.45) is 16.5 Å². The molecule has 0 rings (SSSR count). The Bertz CT molecular complexity index is 176. The summed E-state index contributed by atoms with van der Waals surface area (Å²) in [5.41, 5.74) is 13.9. The Labute approximate surface area is 68.2 Å². The Morgan fingerprint density at radius 3 is 2.18 bits per heavy atom. The van der Waals surface area contributed by atoms with Crippen molar-refractivity contribution >= 4 is 5.71 Å². The monoisotopic (exact) mass is 155 g/mol. The molecular weight excluding hydrogens is 138 g/mol. The zero-order chi connectivity index (χ0) is 8.85. The van der Waals surface area contributed by atoms with Gasteiger partial charge in [-0.2, -0.15) is 0 Å². The summed E-state index contributed by atoms with van der Waals surface area (Å²) in [6.45, 7) is 4.44. The molecule has 0 saturated carbocycles. The second-order valence-electron chi connectivity index (χ2n) is 2.51. The van der Waals surface area contributed by atoms with Crippen LogP contribution in [-0.4, -0.2) is 19.3 Å². The molecule has 0 fully saturated rings. The van der Waals surface area contributed by atoms with Crippen LogP contribution in [0.1, 0.15) is 20.3 Å². The van der Waals surface area contributed by atoms with E-state index in [1.54, 1.807) is 7.05 Å². The number of allylic oxidation sites excluding steroid dienone is 1. The first-order valence-corrected chi connectivity index (χ1v) is 3.72. The van der Waals surface area contributed by atoms with Crippen LogP contribution in [0.4, 0.5) is 0 Å². The van der Waals surface area contributed by atoms with Gasteiger partial charge in [0, 0.05) is 18.5 Å². The van der Waals surface area contributed by atoms with E-state index in [0.29, 0.717) is 6.54 Å². The van der Waals surface area contributed by atoms with Crippen molar-refractivity contribution in [1.82, 2.24) is 0 Å². The van der Waals surface area contributed by atoms with E-state index in [9.17, 15) is 0 Å². The number of hydrogen-bond acceptors (Lipinski definition) is 3. The summed E-state index contributed by atoms with van der Waals surface area (Å²) in [6.07, 6.45) is 0.811. The SMILES string of the molecule is CN=C(C)/C(CCN)=C(/C)N. The van der Waals surface area contributed by atoms with Gasteiger partial charge in [-0.3, -0.25) is 4.99 Å². The molecular formula is C8H17N3. The molecule has 0 spiro atoms. The van der Waals surface area contributed by atoms with Crippen LogP contribution < -0.4 is 11.5 Å². The van der Waals surface area contributed by atoms with E-state index >= 15 is 0 Å². The fourth-order valence-electron chi connectivity index (χ4n) is 0.943. The second kappa shape index (κ2) is 4.91. The number of nitrogens with two attached hydrogens (primary N) is 2. The lowest BCUT2D eigenvalue weighted by molar-refractivity contribution is 0.961. The standard InChI is InChI=1S/C8H17N3/c1-6(10)8(4-5-9)7(2)11-3/h4-5,9-10H2,1-3H3/b8-6-,11-7?. The highest BCUT2D eigenvalue weighted by atomic mass is 14.7. The molecule has 0 saturated heterocycles. The van der Waals surface area contributed by atoms with E-state index in [-0.39, 0.29) is 0 Å². The molecule has 0 radical (unpaired) electrons. The largest absolute Gasteiger partial charge is 0.402 e. The molecule has 3 nitrogen and oxygen atoms in total. The van der Waals surface area contributed by atoms with Crippen LogP contribution in [0.15, 0.2) is 16.3 Å². The molecule has 0 atom stereocenters. The zero-order valence-corrected chi connectivity index (χ0v) is 7.52. The van der Waals surface area contributed by atoms with Crippen LogP contribution in [0.2, 0.25) is 0 Å². The zero-order valence-electron chi connectivity index (χ0n) is 7.52. The average molecular weight is 155 g/mol. The predicted octanol–water partition coefficient (Wildman–Crippen LogP) is 0.659. The van der Waals surface area contributed by atoms with Gasteiger partial charge in [-0.25, -0.2) is 0 Å². The lowest BCUT2D eigenvalue weighted by Gasteiger charge is -2.06. The van der Waals surface area contributed by atoms with Gasteiger partial charge in [-0.1, -0.05) is 0 Å². The Morgan fingerprint density at radius 2 is 1.91 bits per heavy atom. The molecule has 0 aliphatic heterocycles.